The van der Waals surface area contributed by atoms with Crippen LogP contribution in [0.5, 0.6) is 0 Å². The molecule has 2 N–H and O–H groups in total. The van der Waals surface area contributed by atoms with E-state index in [0.29, 0.717) is 12.3 Å². The summed E-state index contributed by atoms with van der Waals surface area (Å²) >= 11 is 5.79. The van der Waals surface area contributed by atoms with E-state index in [1.165, 1.54) is 0 Å². The number of carbonyl (C=O) groups excluding carboxylic acids is 2. The second-order valence-corrected chi connectivity index (χ2v) is 7.40. The number of hydrogen-bond acceptors (Lipinski definition) is 4. The van der Waals surface area contributed by atoms with Gasteiger partial charge in [0.05, 0.1) is 5.92 Å². The zero-order valence-corrected chi connectivity index (χ0v) is 13.7. The number of aliphatic hydroxyl groups excluding tert-OH is 1. The third-order valence-electron chi connectivity index (χ3n) is 5.73. The highest BCUT2D eigenvalue weighted by atomic mass is 35.5. The lowest BCUT2D eigenvalue weighted by Crippen LogP contribution is -2.81. The number of aliphatic hydroxyl groups is 1. The monoisotopic (exact) mass is 327 g/mol. The quantitative estimate of drug-likeness (QED) is 0.466. The Morgan fingerprint density at radius 3 is 2.77 bits per heavy atom. The van der Waals surface area contributed by atoms with Crippen molar-refractivity contribution in [1.29, 1.82) is 0 Å². The Morgan fingerprint density at radius 1 is 1.50 bits per heavy atom. The lowest BCUT2D eigenvalue weighted by Gasteiger charge is -2.56. The molecule has 0 bridgehead atoms. The normalized spacial score (nSPS) is 44.8. The van der Waals surface area contributed by atoms with E-state index in [1.54, 1.807) is 6.92 Å². The number of hydrogen-bond donors (Lipinski definition) is 2. The zero-order valence-electron chi connectivity index (χ0n) is 12.9. The van der Waals surface area contributed by atoms with Crippen LogP contribution in [0.25, 0.3) is 0 Å². The van der Waals surface area contributed by atoms with Crippen LogP contribution in [-0.2, 0) is 14.3 Å². The summed E-state index contributed by atoms with van der Waals surface area (Å²) in [5.41, 5.74) is -2.96. The number of rotatable bonds is 4. The highest BCUT2D eigenvalue weighted by molar-refractivity contribution is 6.18. The van der Waals surface area contributed by atoms with E-state index in [2.05, 4.69) is 5.32 Å². The number of esters is 1. The van der Waals surface area contributed by atoms with Crippen molar-refractivity contribution in [2.24, 2.45) is 11.3 Å². The number of halogens is 1. The Kier molecular flexibility index (Phi) is 3.57. The minimum Gasteiger partial charge on any atom is -0.453 e. The first kappa shape index (κ1) is 15.8. The molecule has 5 atom stereocenters. The van der Waals surface area contributed by atoms with E-state index in [-0.39, 0.29) is 5.91 Å². The second-order valence-electron chi connectivity index (χ2n) is 7.03. The molecule has 0 aromatic rings. The summed E-state index contributed by atoms with van der Waals surface area (Å²) in [4.78, 5) is 24.6. The Hall–Kier alpha value is -1.07. The van der Waals surface area contributed by atoms with Gasteiger partial charge < -0.3 is 15.2 Å². The number of alkyl halides is 1. The second kappa shape index (κ2) is 4.96. The first-order chi connectivity index (χ1) is 10.3. The van der Waals surface area contributed by atoms with E-state index in [0.717, 1.165) is 19.3 Å². The molecule has 1 unspecified atom stereocenters. The molecule has 2 fully saturated rings. The predicted octanol–water partition coefficient (Wildman–Crippen LogP) is 1.52. The third kappa shape index (κ3) is 1.75. The smallest absolute Gasteiger partial charge is 0.339 e. The van der Waals surface area contributed by atoms with Crippen molar-refractivity contribution >= 4 is 23.5 Å². The van der Waals surface area contributed by atoms with Gasteiger partial charge in [-0.1, -0.05) is 19.1 Å². The molecule has 2 heterocycles. The maximum absolute atomic E-state index is 12.3. The van der Waals surface area contributed by atoms with Gasteiger partial charge in [0.25, 0.3) is 0 Å². The van der Waals surface area contributed by atoms with Crippen LogP contribution in [-0.4, -0.2) is 40.1 Å². The van der Waals surface area contributed by atoms with Crippen molar-refractivity contribution in [3.05, 3.63) is 12.2 Å². The topological polar surface area (TPSA) is 75.6 Å². The highest BCUT2D eigenvalue weighted by Crippen LogP contribution is 2.55. The van der Waals surface area contributed by atoms with Gasteiger partial charge >= 0.3 is 5.97 Å². The Balaban J connectivity index is 2.00. The molecule has 5 nitrogen and oxygen atoms in total. The van der Waals surface area contributed by atoms with Crippen LogP contribution in [0.15, 0.2) is 12.2 Å². The van der Waals surface area contributed by atoms with Crippen LogP contribution in [0.4, 0.5) is 0 Å². The molecule has 0 aromatic carbocycles. The molecular formula is C16H22ClNO4. The van der Waals surface area contributed by atoms with Gasteiger partial charge in [0.1, 0.15) is 6.10 Å². The summed E-state index contributed by atoms with van der Waals surface area (Å²) in [7, 11) is 0. The van der Waals surface area contributed by atoms with E-state index in [4.69, 9.17) is 16.3 Å². The maximum atomic E-state index is 12.3. The number of carbonyl (C=O) groups is 2. The standard InChI is InChI=1S/C16H22ClNO4/c1-14(7-4-3-5-8-14)12(20)16-13(21)22-15(16,2)10(6-9-17)11(19)18-16/h4,7,10,12,20H,3,5-6,8-9H2,1-2H3,(H,18,19)/t10-,12?,14+,15-,16-/m0/s1. The number of ether oxygens (including phenoxy) is 1. The summed E-state index contributed by atoms with van der Waals surface area (Å²) in [5, 5.41) is 13.8. The summed E-state index contributed by atoms with van der Waals surface area (Å²) in [5.74, 6) is -1.03. The Labute approximate surface area is 135 Å². The van der Waals surface area contributed by atoms with Crippen LogP contribution in [0.3, 0.4) is 0 Å². The lowest BCUT2D eigenvalue weighted by atomic mass is 9.60. The number of fused-ring (bicyclic) bond motifs is 1. The molecule has 3 aliphatic rings. The van der Waals surface area contributed by atoms with E-state index < -0.39 is 34.5 Å². The van der Waals surface area contributed by atoms with Crippen molar-refractivity contribution in [2.45, 2.75) is 56.8 Å². The Bertz CT molecular complexity index is 550. The number of allylic oxidation sites excluding steroid dienone is 1. The fourth-order valence-electron chi connectivity index (χ4n) is 4.29. The Morgan fingerprint density at radius 2 is 2.23 bits per heavy atom. The van der Waals surface area contributed by atoms with Crippen LogP contribution in [0.2, 0.25) is 0 Å². The van der Waals surface area contributed by atoms with E-state index in [1.807, 2.05) is 19.1 Å². The zero-order chi connectivity index (χ0) is 16.2. The summed E-state index contributed by atoms with van der Waals surface area (Å²) < 4.78 is 5.38. The van der Waals surface area contributed by atoms with E-state index >= 15 is 0 Å². The lowest BCUT2D eigenvalue weighted by molar-refractivity contribution is -0.242. The minimum absolute atomic E-state index is 0.267. The average Bonchev–Trinajstić information content (AvgIpc) is 2.65. The summed E-state index contributed by atoms with van der Waals surface area (Å²) in [6, 6.07) is 0. The molecule has 0 aromatic heterocycles. The predicted molar refractivity (Wildman–Crippen MR) is 81.3 cm³/mol. The summed E-state index contributed by atoms with van der Waals surface area (Å²) in [6.45, 7) is 3.65. The number of amides is 1. The van der Waals surface area contributed by atoms with Gasteiger partial charge in [-0.25, -0.2) is 4.79 Å². The van der Waals surface area contributed by atoms with Crippen LogP contribution < -0.4 is 5.32 Å². The average molecular weight is 328 g/mol. The minimum atomic E-state index is -1.36. The molecule has 3 rings (SSSR count). The molecule has 22 heavy (non-hydrogen) atoms. The first-order valence-electron chi connectivity index (χ1n) is 7.79. The third-order valence-corrected chi connectivity index (χ3v) is 5.95. The molecule has 2 saturated heterocycles. The summed E-state index contributed by atoms with van der Waals surface area (Å²) in [6.07, 6.45) is 6.07. The fourth-order valence-corrected chi connectivity index (χ4v) is 4.51. The van der Waals surface area contributed by atoms with Crippen LogP contribution >= 0.6 is 11.6 Å². The van der Waals surface area contributed by atoms with Crippen molar-refractivity contribution in [3.8, 4) is 0 Å². The highest BCUT2D eigenvalue weighted by Gasteiger charge is 2.80. The van der Waals surface area contributed by atoms with Crippen LogP contribution in [0.1, 0.15) is 39.5 Å². The molecule has 122 valence electrons. The van der Waals surface area contributed by atoms with Crippen molar-refractivity contribution in [1.82, 2.24) is 5.32 Å². The molecule has 1 amide bonds. The SMILES string of the molecule is C[C@@]12OC(=O)[C@]1(C(O)[C@]1(C)C=CCCC1)NC(=O)[C@@H]2CCCl. The van der Waals surface area contributed by atoms with Gasteiger partial charge in [-0.3, -0.25) is 4.79 Å². The molecule has 2 aliphatic heterocycles. The molecule has 1 aliphatic carbocycles. The van der Waals surface area contributed by atoms with Gasteiger partial charge in [0, 0.05) is 11.3 Å². The van der Waals surface area contributed by atoms with Crippen molar-refractivity contribution in [2.75, 3.05) is 5.88 Å². The van der Waals surface area contributed by atoms with Gasteiger partial charge in [0.15, 0.2) is 5.60 Å². The molecule has 6 heteroatoms. The fraction of sp³-hybridized carbons (Fsp3) is 0.750. The van der Waals surface area contributed by atoms with Crippen molar-refractivity contribution in [3.63, 3.8) is 0 Å². The van der Waals surface area contributed by atoms with Gasteiger partial charge in [-0.2, -0.15) is 0 Å². The number of nitrogens with one attached hydrogen (secondary N) is 1. The first-order valence-corrected chi connectivity index (χ1v) is 8.32. The van der Waals surface area contributed by atoms with Crippen LogP contribution in [0, 0.1) is 11.3 Å². The van der Waals surface area contributed by atoms with Gasteiger partial charge in [0.2, 0.25) is 11.4 Å². The van der Waals surface area contributed by atoms with Crippen molar-refractivity contribution < 1.29 is 19.4 Å². The van der Waals surface area contributed by atoms with E-state index in [9.17, 15) is 14.7 Å². The maximum Gasteiger partial charge on any atom is 0.339 e. The molecular weight excluding hydrogens is 306 g/mol. The largest absolute Gasteiger partial charge is 0.453 e. The van der Waals surface area contributed by atoms with Gasteiger partial charge in [-0.15, -0.1) is 11.6 Å². The van der Waals surface area contributed by atoms with Gasteiger partial charge in [-0.05, 0) is 32.6 Å². The molecule has 0 saturated carbocycles. The molecule has 0 radical (unpaired) electrons. The molecule has 0 spiro atoms.